The maximum Gasteiger partial charge on any atom is 0.143 e. The van der Waals surface area contributed by atoms with Crippen molar-refractivity contribution in [3.63, 3.8) is 0 Å². The molecule has 0 amide bonds. The number of anilines is 1. The predicted octanol–water partition coefficient (Wildman–Crippen LogP) is 5.42. The summed E-state index contributed by atoms with van der Waals surface area (Å²) in [5.41, 5.74) is 1.78. The SMILES string of the molecule is Clc1cccc(CNc2cnc(Cl)c(Br)c2)c1Cl. The molecule has 0 aliphatic heterocycles. The third-order valence-corrected chi connectivity index (χ3v) is 4.30. The molecule has 0 bridgehead atoms. The normalized spacial score (nSPS) is 10.4. The molecular weight excluding hydrogens is 358 g/mol. The molecular formula is C12H8BrCl3N2. The molecule has 1 aromatic carbocycles. The zero-order valence-electron chi connectivity index (χ0n) is 9.05. The van der Waals surface area contributed by atoms with Crippen LogP contribution in [0, 0.1) is 0 Å². The van der Waals surface area contributed by atoms with Gasteiger partial charge in [0.25, 0.3) is 0 Å². The Balaban J connectivity index is 2.11. The van der Waals surface area contributed by atoms with Crippen molar-refractivity contribution >= 4 is 56.4 Å². The van der Waals surface area contributed by atoms with E-state index in [0.717, 1.165) is 15.7 Å². The Kier molecular flexibility index (Phi) is 4.73. The monoisotopic (exact) mass is 364 g/mol. The van der Waals surface area contributed by atoms with Gasteiger partial charge >= 0.3 is 0 Å². The Labute approximate surface area is 128 Å². The van der Waals surface area contributed by atoms with Gasteiger partial charge in [-0.05, 0) is 33.6 Å². The number of halogens is 4. The molecule has 0 unspecified atom stereocenters. The van der Waals surface area contributed by atoms with E-state index in [0.29, 0.717) is 21.7 Å². The second-order valence-corrected chi connectivity index (χ2v) is 5.56. The Morgan fingerprint density at radius 3 is 2.72 bits per heavy atom. The van der Waals surface area contributed by atoms with Crippen molar-refractivity contribution in [2.75, 3.05) is 5.32 Å². The number of nitrogens with one attached hydrogen (secondary N) is 1. The van der Waals surface area contributed by atoms with E-state index in [1.165, 1.54) is 0 Å². The van der Waals surface area contributed by atoms with Gasteiger partial charge in [0.05, 0.1) is 26.4 Å². The number of hydrogen-bond donors (Lipinski definition) is 1. The molecule has 1 aromatic heterocycles. The highest BCUT2D eigenvalue weighted by atomic mass is 79.9. The number of nitrogens with zero attached hydrogens (tertiary/aromatic N) is 1. The molecule has 2 rings (SSSR count). The lowest BCUT2D eigenvalue weighted by atomic mass is 10.2. The average molecular weight is 366 g/mol. The number of aromatic nitrogens is 1. The third kappa shape index (κ3) is 3.29. The first-order chi connectivity index (χ1) is 8.58. The summed E-state index contributed by atoms with van der Waals surface area (Å²) in [5, 5.41) is 4.74. The molecule has 2 aromatic rings. The van der Waals surface area contributed by atoms with Gasteiger partial charge in [-0.1, -0.05) is 46.9 Å². The minimum Gasteiger partial charge on any atom is -0.380 e. The number of pyridine rings is 1. The molecule has 0 aliphatic rings. The minimum atomic E-state index is 0.432. The molecule has 1 heterocycles. The van der Waals surface area contributed by atoms with Crippen molar-refractivity contribution in [1.82, 2.24) is 4.98 Å². The van der Waals surface area contributed by atoms with Crippen LogP contribution in [0.2, 0.25) is 15.2 Å². The fourth-order valence-corrected chi connectivity index (χ4v) is 2.24. The van der Waals surface area contributed by atoms with E-state index in [1.807, 2.05) is 18.2 Å². The van der Waals surface area contributed by atoms with Crippen molar-refractivity contribution in [2.45, 2.75) is 6.54 Å². The number of rotatable bonds is 3. The second-order valence-electron chi connectivity index (χ2n) is 3.56. The summed E-state index contributed by atoms with van der Waals surface area (Å²) in [4.78, 5) is 4.03. The smallest absolute Gasteiger partial charge is 0.143 e. The fourth-order valence-electron chi connectivity index (χ4n) is 1.40. The first kappa shape index (κ1) is 13.9. The molecule has 0 spiro atoms. The predicted molar refractivity (Wildman–Crippen MR) is 80.7 cm³/mol. The number of hydrogen-bond acceptors (Lipinski definition) is 2. The molecule has 0 saturated carbocycles. The van der Waals surface area contributed by atoms with Gasteiger partial charge in [0.15, 0.2) is 0 Å². The van der Waals surface area contributed by atoms with Crippen LogP contribution in [0.4, 0.5) is 5.69 Å². The van der Waals surface area contributed by atoms with Crippen LogP contribution in [0.5, 0.6) is 0 Å². The Morgan fingerprint density at radius 2 is 2.00 bits per heavy atom. The van der Waals surface area contributed by atoms with E-state index in [1.54, 1.807) is 12.3 Å². The van der Waals surface area contributed by atoms with Gasteiger partial charge in [-0.25, -0.2) is 4.98 Å². The van der Waals surface area contributed by atoms with E-state index in [-0.39, 0.29) is 0 Å². The maximum atomic E-state index is 6.10. The molecule has 6 heteroatoms. The van der Waals surface area contributed by atoms with Gasteiger partial charge in [0.2, 0.25) is 0 Å². The average Bonchev–Trinajstić information content (AvgIpc) is 2.35. The molecule has 18 heavy (non-hydrogen) atoms. The third-order valence-electron chi connectivity index (χ3n) is 2.31. The van der Waals surface area contributed by atoms with Crippen molar-refractivity contribution < 1.29 is 0 Å². The Morgan fingerprint density at radius 1 is 1.22 bits per heavy atom. The lowest BCUT2D eigenvalue weighted by Gasteiger charge is -2.09. The van der Waals surface area contributed by atoms with Gasteiger partial charge in [-0.3, -0.25) is 0 Å². The summed E-state index contributed by atoms with van der Waals surface area (Å²) in [7, 11) is 0. The van der Waals surface area contributed by atoms with Gasteiger partial charge in [-0.2, -0.15) is 0 Å². The fraction of sp³-hybridized carbons (Fsp3) is 0.0833. The highest BCUT2D eigenvalue weighted by Gasteiger charge is 2.05. The molecule has 0 radical (unpaired) electrons. The lowest BCUT2D eigenvalue weighted by Crippen LogP contribution is -2.00. The van der Waals surface area contributed by atoms with Crippen molar-refractivity contribution in [1.29, 1.82) is 0 Å². The van der Waals surface area contributed by atoms with Crippen LogP contribution in [0.25, 0.3) is 0 Å². The Bertz CT molecular complexity index is 575. The zero-order chi connectivity index (χ0) is 13.1. The summed E-state index contributed by atoms with van der Waals surface area (Å²) < 4.78 is 0.742. The van der Waals surface area contributed by atoms with E-state index >= 15 is 0 Å². The summed E-state index contributed by atoms with van der Waals surface area (Å²) in [6, 6.07) is 7.39. The highest BCUT2D eigenvalue weighted by Crippen LogP contribution is 2.27. The minimum absolute atomic E-state index is 0.432. The van der Waals surface area contributed by atoms with E-state index in [4.69, 9.17) is 34.8 Å². The van der Waals surface area contributed by atoms with E-state index in [2.05, 4.69) is 26.2 Å². The first-order valence-electron chi connectivity index (χ1n) is 5.05. The summed E-state index contributed by atoms with van der Waals surface area (Å²) >= 11 is 21.2. The Hall–Kier alpha value is -0.480. The topological polar surface area (TPSA) is 24.9 Å². The molecule has 94 valence electrons. The molecule has 0 fully saturated rings. The maximum absolute atomic E-state index is 6.10. The van der Waals surface area contributed by atoms with E-state index in [9.17, 15) is 0 Å². The molecule has 0 saturated heterocycles. The van der Waals surface area contributed by atoms with Crippen molar-refractivity contribution in [3.05, 3.63) is 55.7 Å². The van der Waals surface area contributed by atoms with Crippen LogP contribution < -0.4 is 5.32 Å². The van der Waals surface area contributed by atoms with Crippen molar-refractivity contribution in [3.8, 4) is 0 Å². The zero-order valence-corrected chi connectivity index (χ0v) is 12.9. The summed E-state index contributed by atoms with van der Waals surface area (Å²) in [6.45, 7) is 0.565. The molecule has 0 aliphatic carbocycles. The standard InChI is InChI=1S/C12H8BrCl3N2/c13-9-4-8(6-18-12(9)16)17-5-7-2-1-3-10(14)11(7)15/h1-4,6,17H,5H2. The van der Waals surface area contributed by atoms with Crippen LogP contribution in [0.15, 0.2) is 34.9 Å². The van der Waals surface area contributed by atoms with E-state index < -0.39 is 0 Å². The first-order valence-corrected chi connectivity index (χ1v) is 6.98. The molecule has 0 atom stereocenters. The van der Waals surface area contributed by atoms with Crippen LogP contribution in [-0.2, 0) is 6.54 Å². The second kappa shape index (κ2) is 6.11. The van der Waals surface area contributed by atoms with Gasteiger partial charge in [0, 0.05) is 6.54 Å². The summed E-state index contributed by atoms with van der Waals surface area (Å²) in [5.74, 6) is 0. The van der Waals surface area contributed by atoms with Crippen LogP contribution >= 0.6 is 50.7 Å². The molecule has 1 N–H and O–H groups in total. The van der Waals surface area contributed by atoms with Gasteiger partial charge in [-0.15, -0.1) is 0 Å². The highest BCUT2D eigenvalue weighted by molar-refractivity contribution is 9.10. The van der Waals surface area contributed by atoms with Crippen LogP contribution in [0.1, 0.15) is 5.56 Å². The van der Waals surface area contributed by atoms with Gasteiger partial charge in [0.1, 0.15) is 5.15 Å². The van der Waals surface area contributed by atoms with Crippen LogP contribution in [0.3, 0.4) is 0 Å². The van der Waals surface area contributed by atoms with Gasteiger partial charge < -0.3 is 5.32 Å². The number of benzene rings is 1. The largest absolute Gasteiger partial charge is 0.380 e. The van der Waals surface area contributed by atoms with Crippen LogP contribution in [-0.4, -0.2) is 4.98 Å². The lowest BCUT2D eigenvalue weighted by molar-refractivity contribution is 1.13. The quantitative estimate of drug-likeness (QED) is 0.734. The summed E-state index contributed by atoms with van der Waals surface area (Å²) in [6.07, 6.45) is 1.66. The molecule has 2 nitrogen and oxygen atoms in total. The van der Waals surface area contributed by atoms with Crippen molar-refractivity contribution in [2.24, 2.45) is 0 Å².